The van der Waals surface area contributed by atoms with E-state index in [0.717, 1.165) is 30.4 Å². The van der Waals surface area contributed by atoms with Crippen molar-refractivity contribution in [1.82, 2.24) is 5.32 Å². The number of nitrogens with one attached hydrogen (secondary N) is 1. The van der Waals surface area contributed by atoms with E-state index >= 15 is 0 Å². The topological polar surface area (TPSA) is 75.4 Å². The summed E-state index contributed by atoms with van der Waals surface area (Å²) in [6, 6.07) is 7.69. The lowest BCUT2D eigenvalue weighted by Crippen LogP contribution is -2.56. The molecule has 1 amide bonds. The van der Waals surface area contributed by atoms with Crippen LogP contribution in [0, 0.1) is 0 Å². The van der Waals surface area contributed by atoms with Crippen LogP contribution in [0.15, 0.2) is 24.3 Å². The van der Waals surface area contributed by atoms with Crippen molar-refractivity contribution in [3.05, 3.63) is 35.4 Å². The summed E-state index contributed by atoms with van der Waals surface area (Å²) in [6.07, 6.45) is 3.14. The van der Waals surface area contributed by atoms with Crippen LogP contribution in [0.5, 0.6) is 0 Å². The maximum Gasteiger partial charge on any atom is 0.224 e. The average molecular weight is 248 g/mol. The molecule has 18 heavy (non-hydrogen) atoms. The summed E-state index contributed by atoms with van der Waals surface area (Å²) in [5, 5.41) is 12.3. The second-order valence-electron chi connectivity index (χ2n) is 4.99. The molecule has 1 aromatic carbocycles. The zero-order chi connectivity index (χ0) is 13.0. The number of nitrogens with two attached hydrogens (primary N) is 1. The summed E-state index contributed by atoms with van der Waals surface area (Å²) in [5.41, 5.74) is 7.24. The number of carbonyl (C=O) groups is 1. The second kappa shape index (κ2) is 5.50. The van der Waals surface area contributed by atoms with E-state index in [2.05, 4.69) is 5.32 Å². The van der Waals surface area contributed by atoms with E-state index < -0.39 is 0 Å². The minimum absolute atomic E-state index is 0.0251. The van der Waals surface area contributed by atoms with E-state index in [4.69, 9.17) is 5.73 Å². The molecule has 4 nitrogen and oxygen atoms in total. The van der Waals surface area contributed by atoms with Crippen molar-refractivity contribution in [2.75, 3.05) is 6.61 Å². The summed E-state index contributed by atoms with van der Waals surface area (Å²) in [6.45, 7) is 0.464. The minimum atomic E-state index is -0.366. The Morgan fingerprint density at radius 2 is 2.00 bits per heavy atom. The molecule has 0 radical (unpaired) electrons. The van der Waals surface area contributed by atoms with Gasteiger partial charge in [0.1, 0.15) is 0 Å². The molecule has 1 aromatic rings. The Morgan fingerprint density at radius 1 is 1.33 bits per heavy atom. The van der Waals surface area contributed by atoms with E-state index in [1.807, 2.05) is 24.3 Å². The number of aliphatic hydroxyl groups is 1. The second-order valence-corrected chi connectivity index (χ2v) is 4.99. The van der Waals surface area contributed by atoms with Gasteiger partial charge >= 0.3 is 0 Å². The molecule has 1 saturated carbocycles. The molecule has 0 atom stereocenters. The largest absolute Gasteiger partial charge is 0.394 e. The first-order valence-corrected chi connectivity index (χ1v) is 6.38. The Labute approximate surface area is 107 Å². The van der Waals surface area contributed by atoms with Gasteiger partial charge in [-0.15, -0.1) is 0 Å². The third-order valence-corrected chi connectivity index (χ3v) is 3.71. The van der Waals surface area contributed by atoms with Crippen molar-refractivity contribution in [2.45, 2.75) is 37.8 Å². The Bertz CT molecular complexity index is 422. The highest BCUT2D eigenvalue weighted by atomic mass is 16.3. The molecule has 98 valence electrons. The number of amides is 1. The summed E-state index contributed by atoms with van der Waals surface area (Å²) >= 11 is 0. The van der Waals surface area contributed by atoms with Gasteiger partial charge in [0.2, 0.25) is 5.91 Å². The predicted octanol–water partition coefficient (Wildman–Crippen LogP) is 0.719. The van der Waals surface area contributed by atoms with Crippen molar-refractivity contribution in [2.24, 2.45) is 5.73 Å². The van der Waals surface area contributed by atoms with Crippen molar-refractivity contribution in [3.63, 3.8) is 0 Å². The van der Waals surface area contributed by atoms with E-state index in [1.165, 1.54) is 0 Å². The summed E-state index contributed by atoms with van der Waals surface area (Å²) < 4.78 is 0. The molecule has 0 heterocycles. The fourth-order valence-electron chi connectivity index (χ4n) is 2.37. The zero-order valence-electron chi connectivity index (χ0n) is 10.5. The van der Waals surface area contributed by atoms with Gasteiger partial charge in [-0.2, -0.15) is 0 Å². The van der Waals surface area contributed by atoms with Crippen LogP contribution in [0.2, 0.25) is 0 Å². The molecule has 1 fully saturated rings. The van der Waals surface area contributed by atoms with Gasteiger partial charge in [-0.25, -0.2) is 0 Å². The van der Waals surface area contributed by atoms with E-state index in [9.17, 15) is 9.90 Å². The van der Waals surface area contributed by atoms with Crippen LogP contribution in [-0.4, -0.2) is 23.2 Å². The van der Waals surface area contributed by atoms with Crippen LogP contribution in [0.25, 0.3) is 0 Å². The van der Waals surface area contributed by atoms with Crippen molar-refractivity contribution in [3.8, 4) is 0 Å². The Morgan fingerprint density at radius 3 is 2.50 bits per heavy atom. The molecule has 0 unspecified atom stereocenters. The van der Waals surface area contributed by atoms with Crippen molar-refractivity contribution >= 4 is 5.91 Å². The third kappa shape index (κ3) is 2.71. The average Bonchev–Trinajstić information content (AvgIpc) is 2.34. The third-order valence-electron chi connectivity index (χ3n) is 3.71. The van der Waals surface area contributed by atoms with E-state index in [0.29, 0.717) is 13.0 Å². The van der Waals surface area contributed by atoms with Crippen LogP contribution in [-0.2, 0) is 17.8 Å². The number of hydrogen-bond donors (Lipinski definition) is 3. The number of hydrogen-bond acceptors (Lipinski definition) is 3. The van der Waals surface area contributed by atoms with Crippen LogP contribution >= 0.6 is 0 Å². The van der Waals surface area contributed by atoms with Gasteiger partial charge in [-0.1, -0.05) is 24.3 Å². The molecule has 0 spiro atoms. The van der Waals surface area contributed by atoms with Crippen molar-refractivity contribution in [1.29, 1.82) is 0 Å². The molecular formula is C14H20N2O2. The molecule has 0 saturated heterocycles. The molecule has 1 aliphatic carbocycles. The molecule has 0 aromatic heterocycles. The summed E-state index contributed by atoms with van der Waals surface area (Å²) in [4.78, 5) is 12.0. The smallest absolute Gasteiger partial charge is 0.224 e. The highest BCUT2D eigenvalue weighted by Gasteiger charge is 2.37. The fraction of sp³-hybridized carbons (Fsp3) is 0.500. The van der Waals surface area contributed by atoms with Crippen LogP contribution in [0.4, 0.5) is 0 Å². The van der Waals surface area contributed by atoms with E-state index in [1.54, 1.807) is 0 Å². The number of aliphatic hydroxyl groups excluding tert-OH is 1. The summed E-state index contributed by atoms with van der Waals surface area (Å²) in [7, 11) is 0. The fourth-order valence-corrected chi connectivity index (χ4v) is 2.37. The number of rotatable bonds is 5. The molecule has 4 heteroatoms. The Balaban J connectivity index is 1.98. The highest BCUT2D eigenvalue weighted by Crippen LogP contribution is 2.31. The number of benzene rings is 1. The van der Waals surface area contributed by atoms with Crippen LogP contribution < -0.4 is 11.1 Å². The maximum absolute atomic E-state index is 12.0. The van der Waals surface area contributed by atoms with E-state index in [-0.39, 0.29) is 18.1 Å². The molecule has 0 bridgehead atoms. The first kappa shape index (κ1) is 13.1. The van der Waals surface area contributed by atoms with Gasteiger partial charge in [0, 0.05) is 6.54 Å². The maximum atomic E-state index is 12.0. The summed E-state index contributed by atoms with van der Waals surface area (Å²) in [5.74, 6) is -0.0374. The lowest BCUT2D eigenvalue weighted by atomic mass is 9.77. The molecular weight excluding hydrogens is 228 g/mol. The Kier molecular flexibility index (Phi) is 3.99. The lowest BCUT2D eigenvalue weighted by molar-refractivity contribution is -0.124. The Hall–Kier alpha value is -1.39. The predicted molar refractivity (Wildman–Crippen MR) is 69.8 cm³/mol. The molecule has 2 rings (SSSR count). The monoisotopic (exact) mass is 248 g/mol. The van der Waals surface area contributed by atoms with Gasteiger partial charge in [0.05, 0.1) is 18.6 Å². The molecule has 4 N–H and O–H groups in total. The number of carbonyl (C=O) groups excluding carboxylic acids is 1. The zero-order valence-corrected chi connectivity index (χ0v) is 10.5. The van der Waals surface area contributed by atoms with Gasteiger partial charge in [0.25, 0.3) is 0 Å². The quantitative estimate of drug-likeness (QED) is 0.718. The standard InChI is InChI=1S/C14H20N2O2/c15-9-12-5-2-1-4-11(12)8-13(18)16-14(10-17)6-3-7-14/h1-2,4-5,17H,3,6-10,15H2,(H,16,18). The van der Waals surface area contributed by atoms with Crippen LogP contribution in [0.3, 0.4) is 0 Å². The first-order chi connectivity index (χ1) is 8.69. The molecule has 0 aliphatic heterocycles. The SMILES string of the molecule is NCc1ccccc1CC(=O)NC1(CO)CCC1. The first-order valence-electron chi connectivity index (χ1n) is 6.38. The van der Waals surface area contributed by atoms with Gasteiger partial charge < -0.3 is 16.2 Å². The van der Waals surface area contributed by atoms with Crippen LogP contribution in [0.1, 0.15) is 30.4 Å². The lowest BCUT2D eigenvalue weighted by Gasteiger charge is -2.41. The van der Waals surface area contributed by atoms with Gasteiger partial charge in [-0.05, 0) is 30.4 Å². The van der Waals surface area contributed by atoms with Gasteiger partial charge in [-0.3, -0.25) is 4.79 Å². The minimum Gasteiger partial charge on any atom is -0.394 e. The molecule has 1 aliphatic rings. The van der Waals surface area contributed by atoms with Gasteiger partial charge in [0.15, 0.2) is 0 Å². The highest BCUT2D eigenvalue weighted by molar-refractivity contribution is 5.79. The normalized spacial score (nSPS) is 17.0. The van der Waals surface area contributed by atoms with Crippen molar-refractivity contribution < 1.29 is 9.90 Å².